The lowest BCUT2D eigenvalue weighted by atomic mass is 9.95. The van der Waals surface area contributed by atoms with Gasteiger partial charge < -0.3 is 0 Å². The lowest BCUT2D eigenvalue weighted by molar-refractivity contribution is 0.415. The molecule has 2 saturated heterocycles. The molecule has 2 N–H and O–H groups in total. The fraction of sp³-hybridized carbons (Fsp3) is 1.00. The van der Waals surface area contributed by atoms with Gasteiger partial charge in [0.2, 0.25) is 0 Å². The van der Waals surface area contributed by atoms with Gasteiger partial charge in [-0.2, -0.15) is 0 Å². The minimum atomic E-state index is 0.623. The largest absolute Gasteiger partial charge is 0.292 e. The zero-order valence-corrected chi connectivity index (χ0v) is 15.0. The lowest BCUT2D eigenvalue weighted by Gasteiger charge is -2.23. The van der Waals surface area contributed by atoms with E-state index >= 15 is 0 Å². The van der Waals surface area contributed by atoms with Crippen molar-refractivity contribution < 1.29 is 0 Å². The maximum absolute atomic E-state index is 3.85. The Hall–Kier alpha value is 1.32. The molecule has 114 valence electrons. The van der Waals surface area contributed by atoms with Crippen molar-refractivity contribution in [1.82, 2.24) is 10.6 Å². The standard InChI is InChI=1S/C14H24N2S4/c1-3-7-11-9(5-1)15-13(17-11)19-20-14-16-10-6-2-4-8-12(10)18-14/h9-16H,1-8H2. The van der Waals surface area contributed by atoms with Crippen LogP contribution < -0.4 is 10.6 Å². The van der Waals surface area contributed by atoms with Crippen LogP contribution >= 0.6 is 45.1 Å². The summed E-state index contributed by atoms with van der Waals surface area (Å²) in [7, 11) is 4.16. The number of rotatable bonds is 3. The Bertz CT molecular complexity index is 283. The molecule has 0 aromatic rings. The molecule has 6 unspecified atom stereocenters. The van der Waals surface area contributed by atoms with Gasteiger partial charge in [-0.1, -0.05) is 47.3 Å². The van der Waals surface area contributed by atoms with Gasteiger partial charge in [-0.25, -0.2) is 0 Å². The number of hydrogen-bond acceptors (Lipinski definition) is 6. The van der Waals surface area contributed by atoms with E-state index in [2.05, 4.69) is 55.7 Å². The molecule has 20 heavy (non-hydrogen) atoms. The van der Waals surface area contributed by atoms with Crippen LogP contribution in [-0.4, -0.2) is 32.0 Å². The van der Waals surface area contributed by atoms with Crippen molar-refractivity contribution in [2.24, 2.45) is 0 Å². The summed E-state index contributed by atoms with van der Waals surface area (Å²) in [5, 5.41) is 9.49. The van der Waals surface area contributed by atoms with Crippen LogP contribution in [0.4, 0.5) is 0 Å². The summed E-state index contributed by atoms with van der Waals surface area (Å²) in [6.45, 7) is 0. The minimum Gasteiger partial charge on any atom is -0.292 e. The third kappa shape index (κ3) is 3.30. The Morgan fingerprint density at radius 1 is 0.650 bits per heavy atom. The summed E-state index contributed by atoms with van der Waals surface area (Å²) in [5.74, 6) is 0. The second kappa shape index (κ2) is 6.83. The van der Waals surface area contributed by atoms with Gasteiger partial charge in [-0.3, -0.25) is 10.6 Å². The van der Waals surface area contributed by atoms with Crippen LogP contribution in [0.25, 0.3) is 0 Å². The van der Waals surface area contributed by atoms with E-state index in [0.717, 1.165) is 22.6 Å². The highest BCUT2D eigenvalue weighted by molar-refractivity contribution is 8.80. The highest BCUT2D eigenvalue weighted by Gasteiger charge is 2.39. The summed E-state index contributed by atoms with van der Waals surface area (Å²) >= 11 is 4.39. The van der Waals surface area contributed by atoms with E-state index in [-0.39, 0.29) is 0 Å². The maximum atomic E-state index is 3.85. The highest BCUT2D eigenvalue weighted by Crippen LogP contribution is 2.49. The lowest BCUT2D eigenvalue weighted by Crippen LogP contribution is -2.35. The predicted molar refractivity (Wildman–Crippen MR) is 96.3 cm³/mol. The van der Waals surface area contributed by atoms with Crippen molar-refractivity contribution in [3.05, 3.63) is 0 Å². The molecule has 0 spiro atoms. The zero-order valence-electron chi connectivity index (χ0n) is 11.8. The molecule has 4 aliphatic rings. The van der Waals surface area contributed by atoms with Crippen LogP contribution in [0.2, 0.25) is 0 Å². The second-order valence-corrected chi connectivity index (χ2v) is 12.1. The Kier molecular flexibility index (Phi) is 5.08. The first kappa shape index (κ1) is 14.9. The first-order valence-electron chi connectivity index (χ1n) is 8.04. The van der Waals surface area contributed by atoms with Crippen LogP contribution in [-0.2, 0) is 0 Å². The van der Waals surface area contributed by atoms with Gasteiger partial charge in [0.25, 0.3) is 0 Å². The smallest absolute Gasteiger partial charge is 0.111 e. The van der Waals surface area contributed by atoms with E-state index in [9.17, 15) is 0 Å². The monoisotopic (exact) mass is 348 g/mol. The Labute approximate surface area is 138 Å². The van der Waals surface area contributed by atoms with Crippen LogP contribution in [0.5, 0.6) is 0 Å². The SMILES string of the molecule is C1CCC2SC(SSC3NC4CCCCC4S3)NC2C1. The fourth-order valence-corrected chi connectivity index (χ4v) is 10.9. The summed E-state index contributed by atoms with van der Waals surface area (Å²) in [6, 6.07) is 1.61. The summed E-state index contributed by atoms with van der Waals surface area (Å²) in [5.41, 5.74) is 0. The van der Waals surface area contributed by atoms with E-state index in [4.69, 9.17) is 0 Å². The number of nitrogens with one attached hydrogen (secondary N) is 2. The molecular weight excluding hydrogens is 324 g/mol. The predicted octanol–water partition coefficient (Wildman–Crippen LogP) is 4.23. The fourth-order valence-electron chi connectivity index (χ4n) is 3.85. The van der Waals surface area contributed by atoms with Gasteiger partial charge >= 0.3 is 0 Å². The van der Waals surface area contributed by atoms with E-state index in [1.165, 1.54) is 51.4 Å². The van der Waals surface area contributed by atoms with E-state index in [1.54, 1.807) is 0 Å². The Morgan fingerprint density at radius 3 is 1.55 bits per heavy atom. The van der Waals surface area contributed by atoms with Crippen LogP contribution in [0.1, 0.15) is 51.4 Å². The van der Waals surface area contributed by atoms with Crippen LogP contribution in [0.3, 0.4) is 0 Å². The molecule has 0 aromatic heterocycles. The van der Waals surface area contributed by atoms with E-state index in [1.807, 2.05) is 0 Å². The third-order valence-electron chi connectivity index (χ3n) is 4.93. The molecule has 6 atom stereocenters. The third-order valence-corrected chi connectivity index (χ3v) is 11.7. The van der Waals surface area contributed by atoms with Gasteiger partial charge in [-0.15, -0.1) is 23.5 Å². The van der Waals surface area contributed by atoms with Crippen molar-refractivity contribution in [2.75, 3.05) is 0 Å². The van der Waals surface area contributed by atoms with E-state index in [0.29, 0.717) is 9.41 Å². The molecule has 4 fully saturated rings. The van der Waals surface area contributed by atoms with Crippen molar-refractivity contribution in [1.29, 1.82) is 0 Å². The van der Waals surface area contributed by atoms with Crippen LogP contribution in [0, 0.1) is 0 Å². The average molecular weight is 349 g/mol. The van der Waals surface area contributed by atoms with Crippen molar-refractivity contribution in [2.45, 2.75) is 83.4 Å². The molecule has 0 aromatic carbocycles. The van der Waals surface area contributed by atoms with E-state index < -0.39 is 0 Å². The molecule has 0 radical (unpaired) electrons. The molecule has 2 aliphatic carbocycles. The highest BCUT2D eigenvalue weighted by atomic mass is 33.1. The molecule has 4 rings (SSSR count). The zero-order chi connectivity index (χ0) is 13.4. The summed E-state index contributed by atoms with van der Waals surface area (Å²) in [4.78, 5) is 0. The molecule has 2 heterocycles. The summed E-state index contributed by atoms with van der Waals surface area (Å²) in [6.07, 6.45) is 11.4. The maximum Gasteiger partial charge on any atom is 0.111 e. The quantitative estimate of drug-likeness (QED) is 0.740. The second-order valence-electron chi connectivity index (χ2n) is 6.32. The van der Waals surface area contributed by atoms with Crippen molar-refractivity contribution in [3.8, 4) is 0 Å². The molecule has 2 nitrogen and oxygen atoms in total. The summed E-state index contributed by atoms with van der Waals surface area (Å²) < 4.78 is 1.25. The molecule has 0 amide bonds. The number of hydrogen-bond donors (Lipinski definition) is 2. The van der Waals surface area contributed by atoms with Crippen molar-refractivity contribution in [3.63, 3.8) is 0 Å². The van der Waals surface area contributed by atoms with Gasteiger partial charge in [0.15, 0.2) is 0 Å². The average Bonchev–Trinajstić information content (AvgIpc) is 3.07. The molecule has 2 aliphatic heterocycles. The van der Waals surface area contributed by atoms with Gasteiger partial charge in [0.05, 0.1) is 0 Å². The molecule has 0 bridgehead atoms. The first-order chi connectivity index (χ1) is 9.88. The molecule has 2 saturated carbocycles. The van der Waals surface area contributed by atoms with Crippen LogP contribution in [0.15, 0.2) is 0 Å². The normalized spacial score (nSPS) is 48.0. The first-order valence-corrected chi connectivity index (χ1v) is 12.2. The number of fused-ring (bicyclic) bond motifs is 2. The number of thioether (sulfide) groups is 2. The molecular formula is C14H24N2S4. The minimum absolute atomic E-state index is 0.623. The molecule has 6 heteroatoms. The Morgan fingerprint density at radius 2 is 1.10 bits per heavy atom. The topological polar surface area (TPSA) is 24.1 Å². The van der Waals surface area contributed by atoms with Gasteiger partial charge in [0.1, 0.15) is 9.41 Å². The van der Waals surface area contributed by atoms with Gasteiger partial charge in [-0.05, 0) is 25.7 Å². The van der Waals surface area contributed by atoms with Crippen molar-refractivity contribution >= 4 is 45.1 Å². The Balaban J connectivity index is 1.23. The van der Waals surface area contributed by atoms with Gasteiger partial charge in [0, 0.05) is 22.6 Å².